The molecule has 0 aliphatic carbocycles. The van der Waals surface area contributed by atoms with E-state index in [1.54, 1.807) is 18.3 Å². The summed E-state index contributed by atoms with van der Waals surface area (Å²) in [5, 5.41) is 2.88. The summed E-state index contributed by atoms with van der Waals surface area (Å²) in [6, 6.07) is 9.31. The van der Waals surface area contributed by atoms with Crippen LogP contribution in [0, 0.1) is 13.8 Å². The lowest BCUT2D eigenvalue weighted by Gasteiger charge is -2.11. The predicted molar refractivity (Wildman–Crippen MR) is 68.5 cm³/mol. The summed E-state index contributed by atoms with van der Waals surface area (Å²) >= 11 is 0. The quantitative estimate of drug-likeness (QED) is 0.774. The number of carbonyl (C=O) groups excluding carboxylic acids is 1. The first-order chi connectivity index (χ1) is 8.09. The molecule has 1 amide bonds. The fourth-order valence-corrected chi connectivity index (χ4v) is 1.78. The molecule has 17 heavy (non-hydrogen) atoms. The van der Waals surface area contributed by atoms with Gasteiger partial charge in [0.1, 0.15) is 5.69 Å². The Labute approximate surface area is 100 Å². The molecular formula is C13H15N3O. The van der Waals surface area contributed by atoms with E-state index in [0.717, 1.165) is 16.8 Å². The number of carbonyl (C=O) groups is 1. The summed E-state index contributed by atoms with van der Waals surface area (Å²) in [4.78, 5) is 12.0. The number of hydrogen-bond donors (Lipinski definition) is 2. The molecule has 0 fully saturated rings. The average molecular weight is 229 g/mol. The number of nitrogens with two attached hydrogens (primary N) is 1. The molecule has 0 radical (unpaired) electrons. The number of para-hydroxylation sites is 1. The molecule has 0 spiro atoms. The Morgan fingerprint density at radius 1 is 1.18 bits per heavy atom. The van der Waals surface area contributed by atoms with Gasteiger partial charge in [-0.3, -0.25) is 9.47 Å². The molecule has 0 saturated carbocycles. The van der Waals surface area contributed by atoms with Gasteiger partial charge < -0.3 is 11.2 Å². The highest BCUT2D eigenvalue weighted by Crippen LogP contribution is 2.20. The zero-order valence-electron chi connectivity index (χ0n) is 9.90. The summed E-state index contributed by atoms with van der Waals surface area (Å²) in [7, 11) is 0. The van der Waals surface area contributed by atoms with Crippen molar-refractivity contribution in [2.45, 2.75) is 13.8 Å². The number of hydrogen-bond acceptors (Lipinski definition) is 2. The van der Waals surface area contributed by atoms with Crippen LogP contribution in [0.15, 0.2) is 36.5 Å². The summed E-state index contributed by atoms with van der Waals surface area (Å²) in [5.74, 6) is 5.43. The second-order valence-corrected chi connectivity index (χ2v) is 4.02. The SMILES string of the molecule is Cc1cccc(C)c1NC(=O)c1cccn1N. The van der Waals surface area contributed by atoms with Gasteiger partial charge in [0, 0.05) is 11.9 Å². The van der Waals surface area contributed by atoms with Crippen LogP contribution >= 0.6 is 0 Å². The Hall–Kier alpha value is -2.23. The van der Waals surface area contributed by atoms with E-state index in [-0.39, 0.29) is 5.91 Å². The van der Waals surface area contributed by atoms with E-state index in [1.165, 1.54) is 4.68 Å². The summed E-state index contributed by atoms with van der Waals surface area (Å²) in [6.45, 7) is 3.92. The minimum absolute atomic E-state index is 0.199. The van der Waals surface area contributed by atoms with Gasteiger partial charge in [-0.05, 0) is 37.1 Å². The summed E-state index contributed by atoms with van der Waals surface area (Å²) in [6.07, 6.45) is 1.64. The number of nitrogen functional groups attached to an aromatic ring is 1. The van der Waals surface area contributed by atoms with Crippen molar-refractivity contribution in [2.75, 3.05) is 11.2 Å². The highest BCUT2D eigenvalue weighted by Gasteiger charge is 2.11. The van der Waals surface area contributed by atoms with Gasteiger partial charge in [-0.15, -0.1) is 0 Å². The lowest BCUT2D eigenvalue weighted by molar-refractivity contribution is 0.102. The van der Waals surface area contributed by atoms with Gasteiger partial charge in [0.25, 0.3) is 5.91 Å². The third kappa shape index (κ3) is 2.15. The lowest BCUT2D eigenvalue weighted by atomic mass is 10.1. The summed E-state index contributed by atoms with van der Waals surface area (Å²) in [5.41, 5.74) is 3.35. The Morgan fingerprint density at radius 3 is 2.35 bits per heavy atom. The smallest absolute Gasteiger partial charge is 0.274 e. The number of amides is 1. The zero-order valence-corrected chi connectivity index (χ0v) is 9.90. The van der Waals surface area contributed by atoms with Crippen LogP contribution in [-0.2, 0) is 0 Å². The first-order valence-electron chi connectivity index (χ1n) is 5.39. The molecule has 0 unspecified atom stereocenters. The van der Waals surface area contributed by atoms with E-state index >= 15 is 0 Å². The number of aryl methyl sites for hydroxylation is 2. The second kappa shape index (κ2) is 4.33. The van der Waals surface area contributed by atoms with E-state index in [4.69, 9.17) is 5.84 Å². The first-order valence-corrected chi connectivity index (χ1v) is 5.39. The van der Waals surface area contributed by atoms with Crippen LogP contribution in [-0.4, -0.2) is 10.6 Å². The number of rotatable bonds is 2. The van der Waals surface area contributed by atoms with E-state index < -0.39 is 0 Å². The zero-order chi connectivity index (χ0) is 12.4. The molecule has 0 atom stereocenters. The first kappa shape index (κ1) is 11.3. The van der Waals surface area contributed by atoms with Crippen molar-refractivity contribution in [1.82, 2.24) is 4.68 Å². The molecule has 1 heterocycles. The average Bonchev–Trinajstić information content (AvgIpc) is 2.70. The predicted octanol–water partition coefficient (Wildman–Crippen LogP) is 2.07. The van der Waals surface area contributed by atoms with Crippen LogP contribution < -0.4 is 11.2 Å². The fraction of sp³-hybridized carbons (Fsp3) is 0.154. The summed E-state index contributed by atoms with van der Waals surface area (Å²) < 4.78 is 1.31. The third-order valence-corrected chi connectivity index (χ3v) is 2.73. The van der Waals surface area contributed by atoms with E-state index in [2.05, 4.69) is 5.32 Å². The molecule has 4 nitrogen and oxygen atoms in total. The molecule has 0 bridgehead atoms. The van der Waals surface area contributed by atoms with Crippen LogP contribution in [0.2, 0.25) is 0 Å². The molecule has 0 saturated heterocycles. The molecule has 1 aromatic heterocycles. The second-order valence-electron chi connectivity index (χ2n) is 4.02. The minimum Gasteiger partial charge on any atom is -0.339 e. The molecule has 2 aromatic rings. The van der Waals surface area contributed by atoms with Crippen molar-refractivity contribution in [3.8, 4) is 0 Å². The molecular weight excluding hydrogens is 214 g/mol. The largest absolute Gasteiger partial charge is 0.339 e. The Kier molecular flexibility index (Phi) is 2.87. The van der Waals surface area contributed by atoms with Crippen LogP contribution in [0.1, 0.15) is 21.6 Å². The maximum Gasteiger partial charge on any atom is 0.274 e. The number of aromatic nitrogens is 1. The standard InChI is InChI=1S/C13H15N3O/c1-9-5-3-6-10(2)12(9)15-13(17)11-7-4-8-16(11)14/h3-8H,14H2,1-2H3,(H,15,17). The van der Waals surface area contributed by atoms with Gasteiger partial charge in [0.15, 0.2) is 0 Å². The Bertz CT molecular complexity index is 537. The highest BCUT2D eigenvalue weighted by atomic mass is 16.2. The van der Waals surface area contributed by atoms with Crippen LogP contribution in [0.25, 0.3) is 0 Å². The molecule has 88 valence electrons. The monoisotopic (exact) mass is 229 g/mol. The van der Waals surface area contributed by atoms with Crippen molar-refractivity contribution >= 4 is 11.6 Å². The minimum atomic E-state index is -0.199. The van der Waals surface area contributed by atoms with Crippen LogP contribution in [0.4, 0.5) is 5.69 Å². The van der Waals surface area contributed by atoms with Gasteiger partial charge >= 0.3 is 0 Å². The fourth-order valence-electron chi connectivity index (χ4n) is 1.78. The van der Waals surface area contributed by atoms with Gasteiger partial charge in [-0.2, -0.15) is 0 Å². The Morgan fingerprint density at radius 2 is 1.82 bits per heavy atom. The third-order valence-electron chi connectivity index (χ3n) is 2.73. The van der Waals surface area contributed by atoms with Gasteiger partial charge in [0.05, 0.1) is 0 Å². The molecule has 2 rings (SSSR count). The van der Waals surface area contributed by atoms with E-state index in [9.17, 15) is 4.79 Å². The van der Waals surface area contributed by atoms with Crippen molar-refractivity contribution < 1.29 is 4.79 Å². The normalized spacial score (nSPS) is 10.2. The van der Waals surface area contributed by atoms with E-state index in [1.807, 2.05) is 32.0 Å². The van der Waals surface area contributed by atoms with Crippen LogP contribution in [0.3, 0.4) is 0 Å². The van der Waals surface area contributed by atoms with Gasteiger partial charge in [-0.25, -0.2) is 0 Å². The lowest BCUT2D eigenvalue weighted by Crippen LogP contribution is -2.21. The van der Waals surface area contributed by atoms with Crippen molar-refractivity contribution in [3.05, 3.63) is 53.3 Å². The highest BCUT2D eigenvalue weighted by molar-refractivity contribution is 6.04. The van der Waals surface area contributed by atoms with Crippen molar-refractivity contribution in [2.24, 2.45) is 0 Å². The van der Waals surface area contributed by atoms with Crippen molar-refractivity contribution in [1.29, 1.82) is 0 Å². The molecule has 0 aliphatic heterocycles. The molecule has 1 aromatic carbocycles. The van der Waals surface area contributed by atoms with Gasteiger partial charge in [0.2, 0.25) is 0 Å². The maximum absolute atomic E-state index is 12.0. The number of nitrogens with one attached hydrogen (secondary N) is 1. The number of anilines is 1. The van der Waals surface area contributed by atoms with Crippen LogP contribution in [0.5, 0.6) is 0 Å². The topological polar surface area (TPSA) is 60.0 Å². The molecule has 0 aliphatic rings. The maximum atomic E-state index is 12.0. The number of benzene rings is 1. The molecule has 3 N–H and O–H groups in total. The Balaban J connectivity index is 2.28. The van der Waals surface area contributed by atoms with E-state index in [0.29, 0.717) is 5.69 Å². The van der Waals surface area contributed by atoms with Gasteiger partial charge in [-0.1, -0.05) is 18.2 Å². The number of nitrogens with zero attached hydrogens (tertiary/aromatic N) is 1. The molecule has 4 heteroatoms. The van der Waals surface area contributed by atoms with Crippen molar-refractivity contribution in [3.63, 3.8) is 0 Å².